The summed E-state index contributed by atoms with van der Waals surface area (Å²) in [6, 6.07) is 0. The van der Waals surface area contributed by atoms with Crippen LogP contribution in [0.5, 0.6) is 5.75 Å². The molecule has 0 aromatic carbocycles. The summed E-state index contributed by atoms with van der Waals surface area (Å²) in [5, 5.41) is 9.08. The monoisotopic (exact) mass is 229 g/mol. The number of hydrogen-bond acceptors (Lipinski definition) is 4. The molecule has 1 amide bonds. The minimum Gasteiger partial charge on any atom is -0.482 e. The Labute approximate surface area is 90.5 Å². The van der Waals surface area contributed by atoms with Crippen molar-refractivity contribution in [3.05, 3.63) is 11.5 Å². The fourth-order valence-electron chi connectivity index (χ4n) is 1.39. The van der Waals surface area contributed by atoms with Crippen LogP contribution in [0.25, 0.3) is 0 Å². The molecule has 0 bridgehead atoms. The van der Waals surface area contributed by atoms with Crippen LogP contribution in [0.2, 0.25) is 5.15 Å². The van der Waals surface area contributed by atoms with Crippen LogP contribution in [0.15, 0.2) is 6.33 Å². The molecule has 1 aromatic rings. The summed E-state index contributed by atoms with van der Waals surface area (Å²) >= 11 is 5.78. The van der Waals surface area contributed by atoms with Crippen molar-refractivity contribution in [3.8, 4) is 5.75 Å². The number of carboxylic acid groups (broad SMARTS) is 1. The summed E-state index contributed by atoms with van der Waals surface area (Å²) in [4.78, 5) is 19.6. The van der Waals surface area contributed by atoms with E-state index >= 15 is 0 Å². The molecule has 1 aromatic heterocycles. The predicted octanol–water partition coefficient (Wildman–Crippen LogP) is 1.40. The van der Waals surface area contributed by atoms with Crippen LogP contribution >= 0.6 is 11.6 Å². The molecule has 80 valence electrons. The second-order valence-electron chi connectivity index (χ2n) is 3.14. The van der Waals surface area contributed by atoms with Gasteiger partial charge in [0, 0.05) is 0 Å². The van der Waals surface area contributed by atoms with Crippen LogP contribution in [0.3, 0.4) is 0 Å². The Hall–Kier alpha value is -1.56. The van der Waals surface area contributed by atoms with E-state index < -0.39 is 6.09 Å². The van der Waals surface area contributed by atoms with Crippen molar-refractivity contribution in [2.75, 3.05) is 11.4 Å². The van der Waals surface area contributed by atoms with Crippen molar-refractivity contribution < 1.29 is 14.6 Å². The Bertz CT molecular complexity index is 412. The molecular formula is C8H8ClN3O3. The maximum atomic E-state index is 10.9. The average molecular weight is 230 g/mol. The molecule has 1 unspecified atom stereocenters. The maximum absolute atomic E-state index is 10.9. The van der Waals surface area contributed by atoms with E-state index in [0.717, 1.165) is 4.90 Å². The van der Waals surface area contributed by atoms with Crippen molar-refractivity contribution in [2.24, 2.45) is 0 Å². The molecule has 1 aliphatic rings. The highest BCUT2D eigenvalue weighted by Crippen LogP contribution is 2.35. The lowest BCUT2D eigenvalue weighted by molar-refractivity contribution is 0.179. The lowest BCUT2D eigenvalue weighted by atomic mass is 10.3. The summed E-state index contributed by atoms with van der Waals surface area (Å²) in [5.41, 5.74) is 0. The largest absolute Gasteiger partial charge is 0.482 e. The quantitative estimate of drug-likeness (QED) is 0.681. The Balaban J connectivity index is 2.51. The van der Waals surface area contributed by atoms with E-state index in [1.54, 1.807) is 6.92 Å². The average Bonchev–Trinajstić information content (AvgIpc) is 2.18. The van der Waals surface area contributed by atoms with Crippen molar-refractivity contribution in [2.45, 2.75) is 13.0 Å². The van der Waals surface area contributed by atoms with Gasteiger partial charge in [-0.05, 0) is 6.92 Å². The molecule has 7 heteroatoms. The van der Waals surface area contributed by atoms with Gasteiger partial charge in [-0.15, -0.1) is 0 Å². The number of halogens is 1. The second-order valence-corrected chi connectivity index (χ2v) is 3.50. The van der Waals surface area contributed by atoms with Gasteiger partial charge in [0.25, 0.3) is 0 Å². The van der Waals surface area contributed by atoms with Gasteiger partial charge >= 0.3 is 6.09 Å². The van der Waals surface area contributed by atoms with Gasteiger partial charge < -0.3 is 9.84 Å². The lowest BCUT2D eigenvalue weighted by Crippen LogP contribution is -2.42. The van der Waals surface area contributed by atoms with Crippen LogP contribution in [0.1, 0.15) is 6.92 Å². The summed E-state index contributed by atoms with van der Waals surface area (Å²) in [6.07, 6.45) is -0.144. The van der Waals surface area contributed by atoms with Gasteiger partial charge in [-0.25, -0.2) is 14.8 Å². The molecule has 0 radical (unpaired) electrons. The number of aromatic nitrogens is 2. The molecule has 2 heterocycles. The van der Waals surface area contributed by atoms with Gasteiger partial charge in [-0.2, -0.15) is 0 Å². The fraction of sp³-hybridized carbons (Fsp3) is 0.375. The molecule has 1 aliphatic heterocycles. The van der Waals surface area contributed by atoms with E-state index in [-0.39, 0.29) is 29.4 Å². The van der Waals surface area contributed by atoms with E-state index in [1.165, 1.54) is 6.33 Å². The zero-order valence-electron chi connectivity index (χ0n) is 7.85. The first-order valence-electron chi connectivity index (χ1n) is 4.27. The first-order valence-corrected chi connectivity index (χ1v) is 4.65. The van der Waals surface area contributed by atoms with Crippen LogP contribution in [0.4, 0.5) is 10.6 Å². The molecule has 1 N–H and O–H groups in total. The zero-order chi connectivity index (χ0) is 11.0. The minimum atomic E-state index is -1.08. The highest BCUT2D eigenvalue weighted by molar-refractivity contribution is 6.31. The fourth-order valence-corrected chi connectivity index (χ4v) is 1.56. The molecule has 1 atom stereocenters. The van der Waals surface area contributed by atoms with E-state index in [9.17, 15) is 4.79 Å². The number of amides is 1. The highest BCUT2D eigenvalue weighted by Gasteiger charge is 2.30. The third-order valence-corrected chi connectivity index (χ3v) is 2.26. The molecule has 0 fully saturated rings. The lowest BCUT2D eigenvalue weighted by Gasteiger charge is -2.30. The number of rotatable bonds is 0. The molecule has 0 saturated heterocycles. The highest BCUT2D eigenvalue weighted by atomic mass is 35.5. The van der Waals surface area contributed by atoms with Gasteiger partial charge in [0.15, 0.2) is 16.7 Å². The summed E-state index contributed by atoms with van der Waals surface area (Å²) < 4.78 is 5.38. The SMILES string of the molecule is CC1CN(C(=O)O)c2ncnc(Cl)c2O1. The summed E-state index contributed by atoms with van der Waals surface area (Å²) in [6.45, 7) is 1.98. The Morgan fingerprint density at radius 2 is 2.47 bits per heavy atom. The van der Waals surface area contributed by atoms with Crippen LogP contribution in [-0.2, 0) is 0 Å². The molecule has 0 saturated carbocycles. The Kier molecular flexibility index (Phi) is 2.36. The first-order chi connectivity index (χ1) is 7.09. The number of anilines is 1. The third-order valence-electron chi connectivity index (χ3n) is 1.99. The Morgan fingerprint density at radius 3 is 3.13 bits per heavy atom. The zero-order valence-corrected chi connectivity index (χ0v) is 8.60. The van der Waals surface area contributed by atoms with Gasteiger partial charge in [0.1, 0.15) is 12.4 Å². The van der Waals surface area contributed by atoms with Crippen LogP contribution in [-0.4, -0.2) is 33.8 Å². The van der Waals surface area contributed by atoms with Gasteiger partial charge in [0.2, 0.25) is 0 Å². The Morgan fingerprint density at radius 1 is 1.73 bits per heavy atom. The van der Waals surface area contributed by atoms with Gasteiger partial charge in [0.05, 0.1) is 6.54 Å². The standard InChI is InChI=1S/C8H8ClN3O3/c1-4-2-12(8(13)14)7-5(15-4)6(9)10-3-11-7/h3-4H,2H2,1H3,(H,13,14). The van der Waals surface area contributed by atoms with Crippen LogP contribution < -0.4 is 9.64 Å². The van der Waals surface area contributed by atoms with Gasteiger partial charge in [-0.3, -0.25) is 4.90 Å². The van der Waals surface area contributed by atoms with Crippen LogP contribution in [0, 0.1) is 0 Å². The molecular weight excluding hydrogens is 222 g/mol. The maximum Gasteiger partial charge on any atom is 0.413 e. The van der Waals surface area contributed by atoms with E-state index in [2.05, 4.69) is 9.97 Å². The third kappa shape index (κ3) is 1.68. The van der Waals surface area contributed by atoms with Gasteiger partial charge in [-0.1, -0.05) is 11.6 Å². The minimum absolute atomic E-state index is 0.123. The number of fused-ring (bicyclic) bond motifs is 1. The molecule has 15 heavy (non-hydrogen) atoms. The van der Waals surface area contributed by atoms with Crippen molar-refractivity contribution in [3.63, 3.8) is 0 Å². The molecule has 2 rings (SSSR count). The van der Waals surface area contributed by atoms with E-state index in [4.69, 9.17) is 21.4 Å². The topological polar surface area (TPSA) is 75.6 Å². The van der Waals surface area contributed by atoms with Crippen molar-refractivity contribution >= 4 is 23.5 Å². The second kappa shape index (κ2) is 3.54. The number of hydrogen-bond donors (Lipinski definition) is 1. The number of carbonyl (C=O) groups is 1. The van der Waals surface area contributed by atoms with E-state index in [1.807, 2.05) is 0 Å². The smallest absolute Gasteiger partial charge is 0.413 e. The van der Waals surface area contributed by atoms with Crippen molar-refractivity contribution in [1.82, 2.24) is 9.97 Å². The summed E-state index contributed by atoms with van der Waals surface area (Å²) in [7, 11) is 0. The normalized spacial score (nSPS) is 19.3. The molecule has 6 nitrogen and oxygen atoms in total. The molecule has 0 aliphatic carbocycles. The number of ether oxygens (including phenoxy) is 1. The predicted molar refractivity (Wildman–Crippen MR) is 52.5 cm³/mol. The van der Waals surface area contributed by atoms with E-state index in [0.29, 0.717) is 0 Å². The first kappa shape index (κ1) is 9.97. The number of nitrogens with zero attached hydrogens (tertiary/aromatic N) is 3. The van der Waals surface area contributed by atoms with Crippen molar-refractivity contribution in [1.29, 1.82) is 0 Å². The summed E-state index contributed by atoms with van der Waals surface area (Å²) in [5.74, 6) is 0.418. The molecule has 0 spiro atoms.